The third-order valence-corrected chi connectivity index (χ3v) is 5.00. The van der Waals surface area contributed by atoms with Gasteiger partial charge in [-0.15, -0.1) is 0 Å². The lowest BCUT2D eigenvalue weighted by atomic mass is 9.93. The molecule has 4 N–H and O–H groups in total. The van der Waals surface area contributed by atoms with Crippen LogP contribution in [0.4, 0.5) is 10.1 Å². The average Bonchev–Trinajstić information content (AvgIpc) is 2.42. The first-order chi connectivity index (χ1) is 9.38. The average molecular weight is 304 g/mol. The van der Waals surface area contributed by atoms with Gasteiger partial charge < -0.3 is 15.6 Å². The van der Waals surface area contributed by atoms with Crippen LogP contribution >= 0.6 is 0 Å². The summed E-state index contributed by atoms with van der Waals surface area (Å²) < 4.78 is 45.5. The molecule has 0 unspecified atom stereocenters. The summed E-state index contributed by atoms with van der Waals surface area (Å²) in [5, 5.41) is 9.49. The number of aliphatic hydroxyl groups excluding tert-OH is 1. The van der Waals surface area contributed by atoms with Crippen LogP contribution in [0.1, 0.15) is 12.8 Å². The second kappa shape index (κ2) is 5.65. The molecule has 1 saturated heterocycles. The van der Waals surface area contributed by atoms with Crippen molar-refractivity contribution in [2.45, 2.75) is 23.3 Å². The lowest BCUT2D eigenvalue weighted by molar-refractivity contribution is 0.0223. The van der Waals surface area contributed by atoms with E-state index in [-0.39, 0.29) is 17.2 Å². The van der Waals surface area contributed by atoms with Crippen molar-refractivity contribution in [3.8, 4) is 0 Å². The summed E-state index contributed by atoms with van der Waals surface area (Å²) in [6.45, 7) is 0.342. The number of benzene rings is 1. The predicted molar refractivity (Wildman–Crippen MR) is 71.0 cm³/mol. The Kier molecular flexibility index (Phi) is 4.28. The van der Waals surface area contributed by atoms with Crippen molar-refractivity contribution in [2.24, 2.45) is 0 Å². The fraction of sp³-hybridized carbons (Fsp3) is 0.500. The molecule has 0 atom stereocenters. The molecule has 8 heteroatoms. The molecule has 0 spiro atoms. The van der Waals surface area contributed by atoms with Crippen LogP contribution in [0.5, 0.6) is 0 Å². The molecule has 1 aliphatic heterocycles. The lowest BCUT2D eigenvalue weighted by Gasteiger charge is -2.35. The van der Waals surface area contributed by atoms with Gasteiger partial charge in [0.05, 0.1) is 17.8 Å². The van der Waals surface area contributed by atoms with Crippen LogP contribution in [0.25, 0.3) is 0 Å². The van der Waals surface area contributed by atoms with Crippen molar-refractivity contribution in [1.29, 1.82) is 0 Å². The highest BCUT2D eigenvalue weighted by atomic mass is 32.2. The van der Waals surface area contributed by atoms with Gasteiger partial charge in [-0.1, -0.05) is 0 Å². The first-order valence-electron chi connectivity index (χ1n) is 6.16. The molecule has 1 aromatic rings. The van der Waals surface area contributed by atoms with E-state index in [9.17, 15) is 17.9 Å². The summed E-state index contributed by atoms with van der Waals surface area (Å²) in [5.41, 5.74) is 4.56. The zero-order chi connectivity index (χ0) is 14.8. The van der Waals surface area contributed by atoms with E-state index in [1.54, 1.807) is 0 Å². The van der Waals surface area contributed by atoms with Gasteiger partial charge in [0, 0.05) is 13.2 Å². The standard InChI is InChI=1S/C12H17FN2O4S/c13-9-1-2-10(14)11(7-9)20(17,18)15-12(8-16)3-5-19-6-4-12/h1-2,7,15-16H,3-6,8,14H2. The second-order valence-electron chi connectivity index (χ2n) is 4.84. The van der Waals surface area contributed by atoms with Crippen LogP contribution in [-0.2, 0) is 14.8 Å². The van der Waals surface area contributed by atoms with Crippen molar-refractivity contribution >= 4 is 15.7 Å². The maximum Gasteiger partial charge on any atom is 0.243 e. The van der Waals surface area contributed by atoms with Gasteiger partial charge in [0.2, 0.25) is 10.0 Å². The van der Waals surface area contributed by atoms with Gasteiger partial charge in [-0.3, -0.25) is 0 Å². The summed E-state index contributed by atoms with van der Waals surface area (Å²) in [5.74, 6) is -0.690. The van der Waals surface area contributed by atoms with Gasteiger partial charge in [-0.05, 0) is 31.0 Å². The van der Waals surface area contributed by atoms with Crippen LogP contribution in [0.3, 0.4) is 0 Å². The van der Waals surface area contributed by atoms with E-state index < -0.39 is 21.4 Å². The van der Waals surface area contributed by atoms with Crippen LogP contribution in [-0.4, -0.2) is 38.9 Å². The van der Waals surface area contributed by atoms with E-state index >= 15 is 0 Å². The summed E-state index contributed by atoms with van der Waals surface area (Å²) in [6.07, 6.45) is 0.690. The molecule has 6 nitrogen and oxygen atoms in total. The Labute approximate surface area is 116 Å². The molecule has 0 saturated carbocycles. The molecule has 20 heavy (non-hydrogen) atoms. The molecule has 0 bridgehead atoms. The zero-order valence-electron chi connectivity index (χ0n) is 10.8. The van der Waals surface area contributed by atoms with Gasteiger partial charge >= 0.3 is 0 Å². The quantitative estimate of drug-likeness (QED) is 0.691. The first-order valence-corrected chi connectivity index (χ1v) is 7.64. The third-order valence-electron chi connectivity index (χ3n) is 3.37. The summed E-state index contributed by atoms with van der Waals surface area (Å²) >= 11 is 0. The Morgan fingerprint density at radius 3 is 2.65 bits per heavy atom. The molecule has 1 aliphatic rings. The number of nitrogens with one attached hydrogen (secondary N) is 1. The molecule has 0 aromatic heterocycles. The van der Waals surface area contributed by atoms with E-state index in [2.05, 4.69) is 4.72 Å². The number of halogens is 1. The van der Waals surface area contributed by atoms with E-state index in [0.717, 1.165) is 12.1 Å². The van der Waals surface area contributed by atoms with E-state index in [1.807, 2.05) is 0 Å². The van der Waals surface area contributed by atoms with E-state index in [4.69, 9.17) is 10.5 Å². The number of aliphatic hydroxyl groups is 1. The Morgan fingerprint density at radius 2 is 2.05 bits per heavy atom. The highest BCUT2D eigenvalue weighted by Crippen LogP contribution is 2.25. The number of ether oxygens (including phenoxy) is 1. The van der Waals surface area contributed by atoms with Gasteiger partial charge in [-0.2, -0.15) is 0 Å². The van der Waals surface area contributed by atoms with Gasteiger partial charge in [0.1, 0.15) is 10.7 Å². The maximum absolute atomic E-state index is 13.2. The number of rotatable bonds is 4. The molecular weight excluding hydrogens is 287 g/mol. The van der Waals surface area contributed by atoms with Crippen molar-refractivity contribution in [3.05, 3.63) is 24.0 Å². The van der Waals surface area contributed by atoms with E-state index in [0.29, 0.717) is 26.1 Å². The number of nitrogens with two attached hydrogens (primary N) is 1. The van der Waals surface area contributed by atoms with Gasteiger partial charge in [0.25, 0.3) is 0 Å². The molecule has 1 aromatic carbocycles. The molecule has 1 fully saturated rings. The number of hydrogen-bond acceptors (Lipinski definition) is 5. The Morgan fingerprint density at radius 1 is 1.40 bits per heavy atom. The normalized spacial score (nSPS) is 18.9. The summed E-state index contributed by atoms with van der Waals surface area (Å²) in [7, 11) is -4.01. The van der Waals surface area contributed by atoms with Crippen molar-refractivity contribution in [2.75, 3.05) is 25.6 Å². The molecule has 1 heterocycles. The Bertz CT molecular complexity index is 585. The Balaban J connectivity index is 2.32. The first kappa shape index (κ1) is 15.2. The highest BCUT2D eigenvalue weighted by Gasteiger charge is 2.37. The molecular formula is C12H17FN2O4S. The van der Waals surface area contributed by atoms with Crippen LogP contribution in [0.2, 0.25) is 0 Å². The largest absolute Gasteiger partial charge is 0.398 e. The lowest BCUT2D eigenvalue weighted by Crippen LogP contribution is -2.54. The van der Waals surface area contributed by atoms with Gasteiger partial charge in [0.15, 0.2) is 0 Å². The molecule has 2 rings (SSSR count). The monoisotopic (exact) mass is 304 g/mol. The zero-order valence-corrected chi connectivity index (χ0v) is 11.6. The maximum atomic E-state index is 13.2. The predicted octanol–water partition coefficient (Wildman–Crippen LogP) is 0.228. The highest BCUT2D eigenvalue weighted by molar-refractivity contribution is 7.89. The SMILES string of the molecule is Nc1ccc(F)cc1S(=O)(=O)NC1(CO)CCOCC1. The third kappa shape index (κ3) is 3.09. The van der Waals surface area contributed by atoms with Gasteiger partial charge in [-0.25, -0.2) is 17.5 Å². The van der Waals surface area contributed by atoms with Crippen molar-refractivity contribution in [1.82, 2.24) is 4.72 Å². The number of nitrogen functional groups attached to an aromatic ring is 1. The van der Waals surface area contributed by atoms with Crippen LogP contribution in [0, 0.1) is 5.82 Å². The molecule has 112 valence electrons. The minimum Gasteiger partial charge on any atom is -0.398 e. The van der Waals surface area contributed by atoms with Crippen molar-refractivity contribution in [3.63, 3.8) is 0 Å². The molecule has 0 aliphatic carbocycles. The fourth-order valence-electron chi connectivity index (χ4n) is 2.14. The summed E-state index contributed by atoms with van der Waals surface area (Å²) in [4.78, 5) is -0.322. The smallest absolute Gasteiger partial charge is 0.243 e. The second-order valence-corrected chi connectivity index (χ2v) is 6.49. The number of hydrogen-bond donors (Lipinski definition) is 3. The number of sulfonamides is 1. The van der Waals surface area contributed by atoms with Crippen molar-refractivity contribution < 1.29 is 22.7 Å². The van der Waals surface area contributed by atoms with Crippen LogP contribution < -0.4 is 10.5 Å². The van der Waals surface area contributed by atoms with Crippen LogP contribution in [0.15, 0.2) is 23.1 Å². The molecule has 0 radical (unpaired) electrons. The summed E-state index contributed by atoms with van der Waals surface area (Å²) in [6, 6.07) is 3.15. The minimum absolute atomic E-state index is 0.0425. The Hall–Kier alpha value is -1.22. The topological polar surface area (TPSA) is 102 Å². The number of anilines is 1. The minimum atomic E-state index is -4.01. The molecule has 0 amide bonds. The van der Waals surface area contributed by atoms with E-state index in [1.165, 1.54) is 6.07 Å². The fourth-order valence-corrected chi connectivity index (χ4v) is 3.73.